The lowest BCUT2D eigenvalue weighted by Gasteiger charge is -1.96. The minimum atomic E-state index is -0.494. The number of benzene rings is 1. The van der Waals surface area contributed by atoms with Gasteiger partial charge in [0.15, 0.2) is 0 Å². The van der Waals surface area contributed by atoms with Gasteiger partial charge in [0.2, 0.25) is 17.7 Å². The number of nitrogens with two attached hydrogens (primary N) is 1. The lowest BCUT2D eigenvalue weighted by molar-refractivity contribution is -0.117. The molecule has 4 rings (SSSR count). The van der Waals surface area contributed by atoms with E-state index in [0.29, 0.717) is 12.3 Å². The first-order valence-corrected chi connectivity index (χ1v) is 9.26. The van der Waals surface area contributed by atoms with Gasteiger partial charge in [0.25, 0.3) is 0 Å². The summed E-state index contributed by atoms with van der Waals surface area (Å²) >= 11 is 3.38. The Morgan fingerprint density at radius 3 is 2.76 bits per heavy atom. The van der Waals surface area contributed by atoms with Crippen molar-refractivity contribution in [3.63, 3.8) is 0 Å². The molecule has 0 radical (unpaired) electrons. The summed E-state index contributed by atoms with van der Waals surface area (Å²) < 4.78 is 6.56. The number of aromatic nitrogens is 3. The molecule has 0 aliphatic heterocycles. The zero-order valence-corrected chi connectivity index (χ0v) is 15.0. The molecule has 8 heteroatoms. The lowest BCUT2D eigenvalue weighted by Crippen LogP contribution is -2.13. The van der Waals surface area contributed by atoms with E-state index in [0.717, 1.165) is 15.2 Å². The molecule has 0 atom stereocenters. The van der Waals surface area contributed by atoms with Crippen molar-refractivity contribution in [1.82, 2.24) is 15.2 Å². The van der Waals surface area contributed by atoms with Gasteiger partial charge >= 0.3 is 0 Å². The molecule has 126 valence electrons. The van der Waals surface area contributed by atoms with Crippen LogP contribution in [0.5, 0.6) is 0 Å². The van der Waals surface area contributed by atoms with Crippen molar-refractivity contribution >= 4 is 38.8 Å². The Balaban J connectivity index is 1.58. The van der Waals surface area contributed by atoms with Crippen molar-refractivity contribution < 1.29 is 9.21 Å². The summed E-state index contributed by atoms with van der Waals surface area (Å²) in [4.78, 5) is 18.1. The number of fused-ring (bicyclic) bond motifs is 1. The molecule has 2 N–H and O–H groups in total. The van der Waals surface area contributed by atoms with Gasteiger partial charge in [-0.3, -0.25) is 4.79 Å². The molecule has 0 saturated heterocycles. The maximum absolute atomic E-state index is 10.9. The molecule has 0 saturated carbocycles. The van der Waals surface area contributed by atoms with Gasteiger partial charge in [0.05, 0.1) is 16.6 Å². The quantitative estimate of drug-likeness (QED) is 0.581. The van der Waals surface area contributed by atoms with E-state index in [4.69, 9.17) is 10.2 Å². The Bertz CT molecular complexity index is 1060. The number of amides is 1. The first-order valence-electron chi connectivity index (χ1n) is 7.62. The van der Waals surface area contributed by atoms with Crippen molar-refractivity contribution in [2.24, 2.45) is 5.73 Å². The molecule has 0 bridgehead atoms. The van der Waals surface area contributed by atoms with Gasteiger partial charge in [-0.2, -0.15) is 0 Å². The van der Waals surface area contributed by atoms with Gasteiger partial charge in [-0.1, -0.05) is 6.07 Å². The third-order valence-corrected chi connectivity index (χ3v) is 5.66. The summed E-state index contributed by atoms with van der Waals surface area (Å²) in [6.07, 6.45) is 0.398. The van der Waals surface area contributed by atoms with Crippen LogP contribution in [0.1, 0.15) is 21.7 Å². The highest BCUT2D eigenvalue weighted by Gasteiger charge is 2.13. The van der Waals surface area contributed by atoms with Crippen molar-refractivity contribution in [1.29, 1.82) is 0 Å². The van der Waals surface area contributed by atoms with Crippen LogP contribution in [0.4, 0.5) is 0 Å². The third kappa shape index (κ3) is 3.45. The van der Waals surface area contributed by atoms with Crippen LogP contribution in [0.3, 0.4) is 0 Å². The average Bonchev–Trinajstić information content (AvgIpc) is 3.26. The van der Waals surface area contributed by atoms with Crippen LogP contribution in [0.15, 0.2) is 34.7 Å². The molecule has 4 aromatic rings. The second-order valence-corrected chi connectivity index (χ2v) is 8.01. The van der Waals surface area contributed by atoms with E-state index in [1.54, 1.807) is 22.7 Å². The minimum absolute atomic E-state index is 0.0452. The van der Waals surface area contributed by atoms with Crippen LogP contribution in [-0.4, -0.2) is 21.1 Å². The third-order valence-electron chi connectivity index (χ3n) is 3.59. The molecule has 1 aromatic carbocycles. The molecule has 6 nitrogen and oxygen atoms in total. The highest BCUT2D eigenvalue weighted by molar-refractivity contribution is 7.18. The minimum Gasteiger partial charge on any atom is -0.424 e. The molecule has 3 heterocycles. The maximum atomic E-state index is 10.9. The molecule has 0 spiro atoms. The fourth-order valence-corrected chi connectivity index (χ4v) is 4.36. The lowest BCUT2D eigenvalue weighted by atomic mass is 10.2. The Kier molecular flexibility index (Phi) is 4.06. The van der Waals surface area contributed by atoms with E-state index >= 15 is 0 Å². The summed E-state index contributed by atoms with van der Waals surface area (Å²) in [7, 11) is 0. The molecular formula is C17H14N4O2S2. The summed E-state index contributed by atoms with van der Waals surface area (Å²) in [5.41, 5.74) is 7.27. The van der Waals surface area contributed by atoms with E-state index in [9.17, 15) is 4.79 Å². The van der Waals surface area contributed by atoms with Gasteiger partial charge in [0, 0.05) is 9.75 Å². The number of primary amides is 1. The zero-order valence-electron chi connectivity index (χ0n) is 13.4. The Hall–Kier alpha value is -2.58. The monoisotopic (exact) mass is 370 g/mol. The van der Waals surface area contributed by atoms with Crippen LogP contribution in [0, 0.1) is 6.92 Å². The fourth-order valence-electron chi connectivity index (χ4n) is 2.50. The molecule has 0 aliphatic carbocycles. The van der Waals surface area contributed by atoms with E-state index in [1.807, 2.05) is 6.07 Å². The summed E-state index contributed by atoms with van der Waals surface area (Å²) in [6, 6.07) is 10.6. The average molecular weight is 370 g/mol. The van der Waals surface area contributed by atoms with Crippen LogP contribution in [0.2, 0.25) is 0 Å². The summed E-state index contributed by atoms with van der Waals surface area (Å²) in [5, 5.41) is 8.66. The van der Waals surface area contributed by atoms with Crippen molar-refractivity contribution in [3.05, 3.63) is 52.0 Å². The number of hydrogen-bond acceptors (Lipinski definition) is 7. The van der Waals surface area contributed by atoms with Gasteiger partial charge in [0.1, 0.15) is 11.4 Å². The Morgan fingerprint density at radius 1 is 1.16 bits per heavy atom. The Labute approximate surface area is 151 Å². The van der Waals surface area contributed by atoms with Gasteiger partial charge < -0.3 is 10.2 Å². The molecular weight excluding hydrogens is 356 g/mol. The van der Waals surface area contributed by atoms with E-state index in [-0.39, 0.29) is 12.3 Å². The summed E-state index contributed by atoms with van der Waals surface area (Å²) in [5.74, 6) is 0.176. The zero-order chi connectivity index (χ0) is 17.4. The van der Waals surface area contributed by atoms with Crippen molar-refractivity contribution in [2.75, 3.05) is 0 Å². The highest BCUT2D eigenvalue weighted by atomic mass is 32.1. The maximum Gasteiger partial charge on any atom is 0.226 e. The molecule has 3 aromatic heterocycles. The van der Waals surface area contributed by atoms with Crippen LogP contribution in [-0.2, 0) is 17.6 Å². The van der Waals surface area contributed by atoms with Crippen LogP contribution >= 0.6 is 22.7 Å². The number of nitrogens with zero attached hydrogens (tertiary/aromatic N) is 3. The largest absolute Gasteiger partial charge is 0.424 e. The molecule has 25 heavy (non-hydrogen) atoms. The second-order valence-electron chi connectivity index (χ2n) is 5.61. The predicted octanol–water partition coefficient (Wildman–Crippen LogP) is 3.33. The first-order chi connectivity index (χ1) is 12.1. The SMILES string of the molecule is Cc1ccc(-c2ccc3nc(Cc4nnc(CC(N)=O)o4)sc3c2)s1. The number of aryl methyl sites for hydroxylation is 1. The second kappa shape index (κ2) is 6.38. The predicted molar refractivity (Wildman–Crippen MR) is 97.7 cm³/mol. The summed E-state index contributed by atoms with van der Waals surface area (Å²) in [6.45, 7) is 2.11. The smallest absolute Gasteiger partial charge is 0.226 e. The highest BCUT2D eigenvalue weighted by Crippen LogP contribution is 2.32. The molecule has 1 amide bonds. The number of carbonyl (C=O) groups is 1. The van der Waals surface area contributed by atoms with E-state index in [2.05, 4.69) is 46.4 Å². The normalized spacial score (nSPS) is 11.2. The topological polar surface area (TPSA) is 94.9 Å². The standard InChI is InChI=1S/C17H14N4O2S2/c1-9-2-5-12(24-9)10-3-4-11-13(6-10)25-17(19-11)8-16-21-20-15(23-16)7-14(18)22/h2-6H,7-8H2,1H3,(H2,18,22). The van der Waals surface area contributed by atoms with Crippen LogP contribution in [0.25, 0.3) is 20.7 Å². The van der Waals surface area contributed by atoms with E-state index in [1.165, 1.54) is 15.3 Å². The Morgan fingerprint density at radius 2 is 2.00 bits per heavy atom. The molecule has 0 unspecified atom stereocenters. The number of hydrogen-bond donors (Lipinski definition) is 1. The van der Waals surface area contributed by atoms with Crippen molar-refractivity contribution in [2.45, 2.75) is 19.8 Å². The fraction of sp³-hybridized carbons (Fsp3) is 0.176. The van der Waals surface area contributed by atoms with Crippen molar-refractivity contribution in [3.8, 4) is 10.4 Å². The first kappa shape index (κ1) is 15.9. The van der Waals surface area contributed by atoms with Crippen LogP contribution < -0.4 is 5.73 Å². The van der Waals surface area contributed by atoms with E-state index < -0.39 is 5.91 Å². The number of thiophene rings is 1. The van der Waals surface area contributed by atoms with Gasteiger partial charge in [-0.25, -0.2) is 4.98 Å². The molecule has 0 aliphatic rings. The number of rotatable bonds is 5. The number of thiazole rings is 1. The number of carbonyl (C=O) groups excluding carboxylic acids is 1. The molecule has 0 fully saturated rings. The van der Waals surface area contributed by atoms with Gasteiger partial charge in [-0.15, -0.1) is 32.9 Å². The van der Waals surface area contributed by atoms with Gasteiger partial charge in [-0.05, 0) is 36.8 Å².